The highest BCUT2D eigenvalue weighted by atomic mass is 28.4. The van der Waals surface area contributed by atoms with Crippen LogP contribution in [0.25, 0.3) is 0 Å². The van der Waals surface area contributed by atoms with Gasteiger partial charge in [-0.05, 0) is 77.8 Å². The smallest absolute Gasteiger partial charge is 0.312 e. The second kappa shape index (κ2) is 13.4. The number of aliphatic hydroxyl groups is 2. The normalized spacial score (nSPS) is 38.2. The molecular formula is C36H66O12Si2. The van der Waals surface area contributed by atoms with Gasteiger partial charge in [0.2, 0.25) is 0 Å². The van der Waals surface area contributed by atoms with Crippen LogP contribution in [0, 0.1) is 23.7 Å². The number of esters is 2. The third kappa shape index (κ3) is 7.28. The van der Waals surface area contributed by atoms with E-state index in [1.165, 1.54) is 0 Å². The largest absolute Gasteiger partial charge is 0.466 e. The summed E-state index contributed by atoms with van der Waals surface area (Å²) in [6.45, 7) is 30.9. The van der Waals surface area contributed by atoms with Gasteiger partial charge < -0.3 is 47.5 Å². The summed E-state index contributed by atoms with van der Waals surface area (Å²) in [5.41, 5.74) is -3.85. The molecule has 0 radical (unpaired) electrons. The molecule has 2 aliphatic carbocycles. The van der Waals surface area contributed by atoms with Crippen molar-refractivity contribution >= 4 is 28.6 Å². The minimum absolute atomic E-state index is 0.0543. The van der Waals surface area contributed by atoms with Crippen molar-refractivity contribution in [3.05, 3.63) is 0 Å². The van der Waals surface area contributed by atoms with Gasteiger partial charge in [0.1, 0.15) is 23.4 Å². The predicted molar refractivity (Wildman–Crippen MR) is 191 cm³/mol. The Kier molecular flexibility index (Phi) is 11.2. The van der Waals surface area contributed by atoms with Crippen molar-refractivity contribution in [1.82, 2.24) is 0 Å². The summed E-state index contributed by atoms with van der Waals surface area (Å²) in [6, 6.07) is 0. The highest BCUT2D eigenvalue weighted by Gasteiger charge is 2.78. The molecule has 0 amide bonds. The molecule has 290 valence electrons. The van der Waals surface area contributed by atoms with Crippen LogP contribution in [0.5, 0.6) is 0 Å². The van der Waals surface area contributed by atoms with E-state index in [1.807, 2.05) is 0 Å². The Morgan fingerprint density at radius 3 is 1.18 bits per heavy atom. The monoisotopic (exact) mass is 746 g/mol. The zero-order valence-electron chi connectivity index (χ0n) is 33.4. The van der Waals surface area contributed by atoms with E-state index in [1.54, 1.807) is 41.5 Å². The van der Waals surface area contributed by atoms with Crippen LogP contribution < -0.4 is 0 Å². The maximum absolute atomic E-state index is 14.3. The van der Waals surface area contributed by atoms with Crippen LogP contribution >= 0.6 is 0 Å². The number of carbonyl (C=O) groups excluding carboxylic acids is 2. The molecule has 12 nitrogen and oxygen atoms in total. The van der Waals surface area contributed by atoms with Gasteiger partial charge in [0.15, 0.2) is 28.2 Å². The highest BCUT2D eigenvalue weighted by molar-refractivity contribution is 6.74. The van der Waals surface area contributed by atoms with Crippen molar-refractivity contribution in [2.24, 2.45) is 23.7 Å². The Balaban J connectivity index is 1.94. The zero-order chi connectivity index (χ0) is 38.3. The zero-order valence-corrected chi connectivity index (χ0v) is 35.4. The third-order valence-corrected chi connectivity index (χ3v) is 21.3. The summed E-state index contributed by atoms with van der Waals surface area (Å²) in [4.78, 5) is 28.6. The molecular weight excluding hydrogens is 681 g/mol. The van der Waals surface area contributed by atoms with Gasteiger partial charge in [-0.2, -0.15) is 0 Å². The summed E-state index contributed by atoms with van der Waals surface area (Å²) in [7, 11) is -4.93. The quantitative estimate of drug-likeness (QED) is 0.213. The third-order valence-electron chi connectivity index (χ3n) is 12.3. The van der Waals surface area contributed by atoms with E-state index in [4.69, 9.17) is 37.3 Å². The second-order valence-electron chi connectivity index (χ2n) is 18.7. The minimum Gasteiger partial charge on any atom is -0.466 e. The van der Waals surface area contributed by atoms with Crippen molar-refractivity contribution in [1.29, 1.82) is 0 Å². The lowest BCUT2D eigenvalue weighted by Crippen LogP contribution is -2.57. The fraction of sp³-hybridized carbons (Fsp3) is 0.944. The van der Waals surface area contributed by atoms with E-state index < -0.39 is 99.4 Å². The van der Waals surface area contributed by atoms with Gasteiger partial charge in [-0.3, -0.25) is 9.59 Å². The molecule has 14 heteroatoms. The van der Waals surface area contributed by atoms with Crippen LogP contribution in [0.1, 0.15) is 83.1 Å². The van der Waals surface area contributed by atoms with Crippen LogP contribution in [0.3, 0.4) is 0 Å². The molecule has 2 N–H and O–H groups in total. The first-order valence-corrected chi connectivity index (χ1v) is 24.1. The number of hydrogen-bond donors (Lipinski definition) is 2. The Hall–Kier alpha value is -0.946. The number of ether oxygens (including phenoxy) is 6. The van der Waals surface area contributed by atoms with Gasteiger partial charge >= 0.3 is 11.9 Å². The Bertz CT molecular complexity index is 1180. The maximum atomic E-state index is 14.3. The van der Waals surface area contributed by atoms with Crippen LogP contribution in [0.2, 0.25) is 36.3 Å². The van der Waals surface area contributed by atoms with Gasteiger partial charge in [0.05, 0.1) is 50.5 Å². The van der Waals surface area contributed by atoms with Gasteiger partial charge in [0.25, 0.3) is 0 Å². The summed E-state index contributed by atoms with van der Waals surface area (Å²) in [5.74, 6) is -8.11. The van der Waals surface area contributed by atoms with Crippen LogP contribution in [-0.4, -0.2) is 112 Å². The van der Waals surface area contributed by atoms with Crippen molar-refractivity contribution in [3.63, 3.8) is 0 Å². The average molecular weight is 747 g/mol. The van der Waals surface area contributed by atoms with E-state index in [0.29, 0.717) is 0 Å². The summed E-state index contributed by atoms with van der Waals surface area (Å²) < 4.78 is 50.7. The number of fused-ring (bicyclic) bond motifs is 2. The van der Waals surface area contributed by atoms with E-state index in [0.717, 1.165) is 0 Å². The topological polar surface area (TPSA) is 148 Å². The molecule has 0 spiro atoms. The van der Waals surface area contributed by atoms with Gasteiger partial charge in [-0.1, -0.05) is 41.5 Å². The lowest BCUT2D eigenvalue weighted by Gasteiger charge is -2.43. The Morgan fingerprint density at radius 1 is 0.620 bits per heavy atom. The molecule has 0 bridgehead atoms. The molecule has 4 rings (SSSR count). The first-order chi connectivity index (χ1) is 22.5. The highest BCUT2D eigenvalue weighted by Crippen LogP contribution is 2.62. The molecule has 0 unspecified atom stereocenters. The molecule has 2 aliphatic heterocycles. The molecule has 4 fully saturated rings. The minimum atomic E-state index is -2.47. The van der Waals surface area contributed by atoms with Crippen LogP contribution in [0.4, 0.5) is 0 Å². The summed E-state index contributed by atoms with van der Waals surface area (Å²) >= 11 is 0. The Labute approximate surface area is 301 Å². The van der Waals surface area contributed by atoms with E-state index in [-0.39, 0.29) is 36.5 Å². The number of rotatable bonds is 11. The maximum Gasteiger partial charge on any atom is 0.312 e. The molecule has 0 aromatic carbocycles. The second-order valence-corrected chi connectivity index (χ2v) is 28.4. The standard InChI is InChI=1S/C36H66O12Si2/c1-17-41-29(37)23-21(25-27(47-33(9,10)45-25)35(23,39)19-43-49(13,14)31(3,4)5)22-24(30(38)42-18-2)36(40,20-44-50(15,16)32(6,7)8)28-26(22)46-34(11,12)48-28/h21-28,39-40H,17-20H2,1-16H3/t21-,22-,23+,24+,25-,26-,27-,28-,35-,36+/m0/s1. The van der Waals surface area contributed by atoms with Gasteiger partial charge in [0, 0.05) is 11.8 Å². The first kappa shape index (κ1) is 41.8. The van der Waals surface area contributed by atoms with Crippen molar-refractivity contribution in [2.45, 2.75) is 167 Å². The predicted octanol–water partition coefficient (Wildman–Crippen LogP) is 5.15. The molecule has 0 aromatic rings. The molecule has 4 aliphatic rings. The number of carbonyl (C=O) groups is 2. The first-order valence-electron chi connectivity index (χ1n) is 18.3. The van der Waals surface area contributed by atoms with Crippen molar-refractivity contribution in [3.8, 4) is 0 Å². The fourth-order valence-corrected chi connectivity index (χ4v) is 9.80. The van der Waals surface area contributed by atoms with Crippen LogP contribution in [-0.2, 0) is 46.9 Å². The lowest BCUT2D eigenvalue weighted by atomic mass is 9.71. The van der Waals surface area contributed by atoms with Gasteiger partial charge in [-0.15, -0.1) is 0 Å². The SMILES string of the molecule is CCOC(=O)[C@H]1[C@H]([C@@H]2[C@@H]3OC(C)(C)O[C@@H]3[C@@](O)(CO[Si](C)(C)C(C)(C)C)[C@H]2C(=O)OCC)[C@@H]2OC(C)(C)O[C@@H]2[C@]1(O)CO[Si](C)(C)C(C)(C)C. The molecule has 10 atom stereocenters. The molecule has 2 heterocycles. The van der Waals surface area contributed by atoms with E-state index in [2.05, 4.69) is 67.7 Å². The van der Waals surface area contributed by atoms with Crippen LogP contribution in [0.15, 0.2) is 0 Å². The van der Waals surface area contributed by atoms with Crippen molar-refractivity contribution < 1.29 is 57.1 Å². The summed E-state index contributed by atoms with van der Waals surface area (Å²) in [5, 5.41) is 25.5. The molecule has 2 saturated carbocycles. The van der Waals surface area contributed by atoms with E-state index in [9.17, 15) is 19.8 Å². The number of hydrogen-bond acceptors (Lipinski definition) is 12. The van der Waals surface area contributed by atoms with E-state index >= 15 is 0 Å². The fourth-order valence-electron chi connectivity index (χ4n) is 7.75. The molecule has 2 saturated heterocycles. The van der Waals surface area contributed by atoms with Crippen molar-refractivity contribution in [2.75, 3.05) is 26.4 Å². The molecule has 0 aromatic heterocycles. The van der Waals surface area contributed by atoms with Gasteiger partial charge in [-0.25, -0.2) is 0 Å². The Morgan fingerprint density at radius 2 is 0.920 bits per heavy atom. The average Bonchev–Trinajstić information content (AvgIpc) is 3.58. The molecule has 50 heavy (non-hydrogen) atoms. The lowest BCUT2D eigenvalue weighted by molar-refractivity contribution is -0.226. The summed E-state index contributed by atoms with van der Waals surface area (Å²) in [6.07, 6.45) is -3.89.